The Hall–Kier alpha value is -0.860. The maximum atomic E-state index is 3.67. The van der Waals surface area contributed by atoms with Crippen molar-refractivity contribution in [2.75, 3.05) is 26.2 Å². The molecular formula is C19H34N2. The standard InChI is InChI=1S/C19H34N2/c1-7-15(4)13-21(9-3)14-19(20-8-2)18-11-16(5)10-17(6)12-18/h10-12,15,19-20H,7-9,13-14H2,1-6H3. The summed E-state index contributed by atoms with van der Waals surface area (Å²) in [7, 11) is 0. The van der Waals surface area contributed by atoms with Gasteiger partial charge in [-0.2, -0.15) is 0 Å². The van der Waals surface area contributed by atoms with Crippen molar-refractivity contribution >= 4 is 0 Å². The number of nitrogens with one attached hydrogen (secondary N) is 1. The topological polar surface area (TPSA) is 15.3 Å². The molecule has 0 amide bonds. The van der Waals surface area contributed by atoms with Gasteiger partial charge in [0.25, 0.3) is 0 Å². The lowest BCUT2D eigenvalue weighted by atomic mass is 10.00. The summed E-state index contributed by atoms with van der Waals surface area (Å²) in [4.78, 5) is 2.58. The number of aryl methyl sites for hydroxylation is 2. The quantitative estimate of drug-likeness (QED) is 0.728. The zero-order valence-corrected chi connectivity index (χ0v) is 14.9. The van der Waals surface area contributed by atoms with E-state index in [-0.39, 0.29) is 0 Å². The van der Waals surface area contributed by atoms with Gasteiger partial charge in [0.15, 0.2) is 0 Å². The highest BCUT2D eigenvalue weighted by atomic mass is 15.1. The monoisotopic (exact) mass is 290 g/mol. The van der Waals surface area contributed by atoms with Crippen LogP contribution in [0.3, 0.4) is 0 Å². The molecule has 0 bridgehead atoms. The lowest BCUT2D eigenvalue weighted by molar-refractivity contribution is 0.221. The summed E-state index contributed by atoms with van der Waals surface area (Å²) in [5.74, 6) is 0.770. The molecule has 0 fully saturated rings. The lowest BCUT2D eigenvalue weighted by Crippen LogP contribution is -2.37. The number of likely N-dealkylation sites (N-methyl/N-ethyl adjacent to an activating group) is 2. The molecule has 2 atom stereocenters. The Morgan fingerprint density at radius 1 is 1.00 bits per heavy atom. The Labute approximate surface area is 131 Å². The third-order valence-corrected chi connectivity index (χ3v) is 4.25. The van der Waals surface area contributed by atoms with Gasteiger partial charge in [0.1, 0.15) is 0 Å². The van der Waals surface area contributed by atoms with Crippen LogP contribution in [0.4, 0.5) is 0 Å². The van der Waals surface area contributed by atoms with Gasteiger partial charge >= 0.3 is 0 Å². The van der Waals surface area contributed by atoms with Gasteiger partial charge in [0.2, 0.25) is 0 Å². The van der Waals surface area contributed by atoms with Gasteiger partial charge < -0.3 is 10.2 Å². The second kappa shape index (κ2) is 9.22. The third-order valence-electron chi connectivity index (χ3n) is 4.25. The molecule has 0 saturated carbocycles. The molecule has 0 aliphatic carbocycles. The summed E-state index contributed by atoms with van der Waals surface area (Å²) >= 11 is 0. The van der Waals surface area contributed by atoms with E-state index in [1.54, 1.807) is 0 Å². The Morgan fingerprint density at radius 3 is 2.10 bits per heavy atom. The number of hydrogen-bond acceptors (Lipinski definition) is 2. The molecule has 1 N–H and O–H groups in total. The van der Waals surface area contributed by atoms with Crippen molar-refractivity contribution in [1.82, 2.24) is 10.2 Å². The Balaban J connectivity index is 2.84. The molecule has 21 heavy (non-hydrogen) atoms. The number of nitrogens with zero attached hydrogens (tertiary/aromatic N) is 1. The Bertz CT molecular complexity index is 394. The maximum Gasteiger partial charge on any atom is 0.0449 e. The molecule has 0 aliphatic heterocycles. The van der Waals surface area contributed by atoms with Crippen LogP contribution in [-0.4, -0.2) is 31.1 Å². The molecule has 0 heterocycles. The van der Waals surface area contributed by atoms with E-state index in [0.29, 0.717) is 6.04 Å². The van der Waals surface area contributed by atoms with E-state index in [1.165, 1.54) is 29.7 Å². The molecule has 2 nitrogen and oxygen atoms in total. The minimum absolute atomic E-state index is 0.428. The van der Waals surface area contributed by atoms with Gasteiger partial charge in [0.05, 0.1) is 0 Å². The summed E-state index contributed by atoms with van der Waals surface area (Å²) in [5.41, 5.74) is 4.15. The van der Waals surface area contributed by atoms with Gasteiger partial charge in [-0.05, 0) is 38.4 Å². The molecular weight excluding hydrogens is 256 g/mol. The predicted octanol–water partition coefficient (Wildman–Crippen LogP) is 4.32. The van der Waals surface area contributed by atoms with Gasteiger partial charge in [-0.25, -0.2) is 0 Å². The summed E-state index contributed by atoms with van der Waals surface area (Å²) in [6.07, 6.45) is 1.26. The summed E-state index contributed by atoms with van der Waals surface area (Å²) < 4.78 is 0. The van der Waals surface area contributed by atoms with Gasteiger partial charge in [-0.15, -0.1) is 0 Å². The van der Waals surface area contributed by atoms with Crippen molar-refractivity contribution < 1.29 is 0 Å². The second-order valence-corrected chi connectivity index (χ2v) is 6.40. The Morgan fingerprint density at radius 2 is 1.62 bits per heavy atom. The largest absolute Gasteiger partial charge is 0.309 e. The van der Waals surface area contributed by atoms with Gasteiger partial charge in [-0.3, -0.25) is 0 Å². The van der Waals surface area contributed by atoms with E-state index in [1.807, 2.05) is 0 Å². The summed E-state index contributed by atoms with van der Waals surface area (Å²) in [6, 6.07) is 7.34. The van der Waals surface area contributed by atoms with Crippen LogP contribution in [0.25, 0.3) is 0 Å². The first kappa shape index (κ1) is 18.2. The Kier molecular flexibility index (Phi) is 7.98. The maximum absolute atomic E-state index is 3.67. The van der Waals surface area contributed by atoms with Crippen LogP contribution in [0.5, 0.6) is 0 Å². The van der Waals surface area contributed by atoms with E-state index >= 15 is 0 Å². The predicted molar refractivity (Wildman–Crippen MR) is 93.9 cm³/mol. The zero-order valence-electron chi connectivity index (χ0n) is 14.9. The highest BCUT2D eigenvalue weighted by molar-refractivity contribution is 5.31. The van der Waals surface area contributed by atoms with Gasteiger partial charge in [0, 0.05) is 19.1 Å². The molecule has 1 aromatic carbocycles. The summed E-state index contributed by atoms with van der Waals surface area (Å²) in [5, 5.41) is 3.67. The molecule has 0 aliphatic rings. The first-order valence-corrected chi connectivity index (χ1v) is 8.54. The van der Waals surface area contributed by atoms with Crippen LogP contribution >= 0.6 is 0 Å². The average Bonchev–Trinajstić information content (AvgIpc) is 2.44. The SMILES string of the molecule is CCNC(CN(CC)CC(C)CC)c1cc(C)cc(C)c1. The minimum Gasteiger partial charge on any atom is -0.309 e. The van der Waals surface area contributed by atoms with Crippen molar-refractivity contribution in [2.24, 2.45) is 5.92 Å². The fourth-order valence-electron chi connectivity index (χ4n) is 2.91. The molecule has 2 heteroatoms. The number of hydrogen-bond donors (Lipinski definition) is 1. The van der Waals surface area contributed by atoms with Crippen LogP contribution in [0.2, 0.25) is 0 Å². The fraction of sp³-hybridized carbons (Fsp3) is 0.684. The minimum atomic E-state index is 0.428. The second-order valence-electron chi connectivity index (χ2n) is 6.40. The van der Waals surface area contributed by atoms with Crippen LogP contribution in [0.15, 0.2) is 18.2 Å². The van der Waals surface area contributed by atoms with E-state index < -0.39 is 0 Å². The molecule has 0 aromatic heterocycles. The van der Waals surface area contributed by atoms with Crippen molar-refractivity contribution in [3.8, 4) is 0 Å². The number of benzene rings is 1. The van der Waals surface area contributed by atoms with Gasteiger partial charge in [-0.1, -0.05) is 63.4 Å². The molecule has 2 unspecified atom stereocenters. The van der Waals surface area contributed by atoms with Crippen LogP contribution in [-0.2, 0) is 0 Å². The fourth-order valence-corrected chi connectivity index (χ4v) is 2.91. The third kappa shape index (κ3) is 6.19. The highest BCUT2D eigenvalue weighted by Crippen LogP contribution is 2.19. The van der Waals surface area contributed by atoms with Crippen molar-refractivity contribution in [1.29, 1.82) is 0 Å². The van der Waals surface area contributed by atoms with Crippen LogP contribution < -0.4 is 5.32 Å². The number of rotatable bonds is 9. The lowest BCUT2D eigenvalue weighted by Gasteiger charge is -2.29. The molecule has 1 rings (SSSR count). The van der Waals surface area contributed by atoms with Crippen molar-refractivity contribution in [2.45, 2.75) is 54.0 Å². The van der Waals surface area contributed by atoms with E-state index in [2.05, 4.69) is 70.0 Å². The highest BCUT2D eigenvalue weighted by Gasteiger charge is 2.16. The van der Waals surface area contributed by atoms with Crippen molar-refractivity contribution in [3.63, 3.8) is 0 Å². The van der Waals surface area contributed by atoms with E-state index in [4.69, 9.17) is 0 Å². The molecule has 0 radical (unpaired) electrons. The molecule has 1 aromatic rings. The van der Waals surface area contributed by atoms with Crippen LogP contribution in [0, 0.1) is 19.8 Å². The first-order chi connectivity index (χ1) is 9.99. The van der Waals surface area contributed by atoms with Crippen LogP contribution in [0.1, 0.15) is 56.8 Å². The molecule has 120 valence electrons. The van der Waals surface area contributed by atoms with Crippen molar-refractivity contribution in [3.05, 3.63) is 34.9 Å². The normalized spacial score (nSPS) is 14.4. The smallest absolute Gasteiger partial charge is 0.0449 e. The molecule has 0 saturated heterocycles. The average molecular weight is 290 g/mol. The van der Waals surface area contributed by atoms with E-state index in [0.717, 1.165) is 25.6 Å². The van der Waals surface area contributed by atoms with E-state index in [9.17, 15) is 0 Å². The zero-order chi connectivity index (χ0) is 15.8. The summed E-state index contributed by atoms with van der Waals surface area (Å²) in [6.45, 7) is 17.9. The first-order valence-electron chi connectivity index (χ1n) is 8.54. The molecule has 0 spiro atoms.